The normalized spacial score (nSPS) is 10.9. The standard InChI is InChI=1S/C15H13N3O2/c1-10-7-11(2)17-14(9-16-15(17)8-10)12-5-3-4-6-13(12)18(19)20/h3-9H,1-2H3. The van der Waals surface area contributed by atoms with E-state index < -0.39 is 0 Å². The Labute approximate surface area is 115 Å². The van der Waals surface area contributed by atoms with Crippen LogP contribution in [-0.4, -0.2) is 14.3 Å². The van der Waals surface area contributed by atoms with Crippen LogP contribution in [0.4, 0.5) is 5.69 Å². The molecule has 0 aliphatic rings. The molecule has 0 bridgehead atoms. The van der Waals surface area contributed by atoms with Gasteiger partial charge in [-0.2, -0.15) is 0 Å². The van der Waals surface area contributed by atoms with E-state index in [-0.39, 0.29) is 10.6 Å². The number of fused-ring (bicyclic) bond motifs is 1. The van der Waals surface area contributed by atoms with Crippen LogP contribution < -0.4 is 0 Å². The lowest BCUT2D eigenvalue weighted by atomic mass is 10.1. The molecular formula is C15H13N3O2. The molecule has 2 aromatic heterocycles. The fourth-order valence-electron chi connectivity index (χ4n) is 2.52. The second-order valence-corrected chi connectivity index (χ2v) is 4.79. The summed E-state index contributed by atoms with van der Waals surface area (Å²) >= 11 is 0. The van der Waals surface area contributed by atoms with Crippen molar-refractivity contribution < 1.29 is 4.92 Å². The predicted octanol–water partition coefficient (Wildman–Crippen LogP) is 3.53. The van der Waals surface area contributed by atoms with E-state index in [9.17, 15) is 10.1 Å². The first-order valence-corrected chi connectivity index (χ1v) is 6.26. The van der Waals surface area contributed by atoms with Gasteiger partial charge in [0.15, 0.2) is 0 Å². The second kappa shape index (κ2) is 4.45. The number of nitro benzene ring substituents is 1. The maximum atomic E-state index is 11.2. The molecule has 0 saturated carbocycles. The zero-order valence-corrected chi connectivity index (χ0v) is 11.2. The number of hydrogen-bond acceptors (Lipinski definition) is 3. The molecule has 1 aromatic carbocycles. The van der Waals surface area contributed by atoms with Gasteiger partial charge in [-0.25, -0.2) is 4.98 Å². The van der Waals surface area contributed by atoms with Gasteiger partial charge in [-0.05, 0) is 37.6 Å². The van der Waals surface area contributed by atoms with E-state index in [2.05, 4.69) is 4.98 Å². The molecule has 0 fully saturated rings. The van der Waals surface area contributed by atoms with Crippen molar-refractivity contribution in [1.82, 2.24) is 9.38 Å². The molecular weight excluding hydrogens is 254 g/mol. The van der Waals surface area contributed by atoms with E-state index >= 15 is 0 Å². The minimum atomic E-state index is -0.363. The summed E-state index contributed by atoms with van der Waals surface area (Å²) in [5.74, 6) is 0. The number of nitro groups is 1. The molecule has 2 heterocycles. The van der Waals surface area contributed by atoms with Gasteiger partial charge < -0.3 is 0 Å². The summed E-state index contributed by atoms with van der Waals surface area (Å²) in [6, 6.07) is 10.7. The number of hydrogen-bond donors (Lipinski definition) is 0. The van der Waals surface area contributed by atoms with Crippen LogP contribution in [0.2, 0.25) is 0 Å². The monoisotopic (exact) mass is 267 g/mol. The maximum Gasteiger partial charge on any atom is 0.278 e. The van der Waals surface area contributed by atoms with Crippen LogP contribution in [0.1, 0.15) is 11.3 Å². The van der Waals surface area contributed by atoms with Crippen molar-refractivity contribution in [2.45, 2.75) is 13.8 Å². The minimum absolute atomic E-state index is 0.0919. The highest BCUT2D eigenvalue weighted by Crippen LogP contribution is 2.30. The summed E-state index contributed by atoms with van der Waals surface area (Å²) in [6.45, 7) is 3.98. The highest BCUT2D eigenvalue weighted by molar-refractivity contribution is 5.73. The fraction of sp³-hybridized carbons (Fsp3) is 0.133. The van der Waals surface area contributed by atoms with E-state index in [4.69, 9.17) is 0 Å². The van der Waals surface area contributed by atoms with Crippen molar-refractivity contribution >= 4 is 11.3 Å². The summed E-state index contributed by atoms with van der Waals surface area (Å²) in [6.07, 6.45) is 1.68. The van der Waals surface area contributed by atoms with Crippen molar-refractivity contribution in [1.29, 1.82) is 0 Å². The molecule has 5 heteroatoms. The van der Waals surface area contributed by atoms with E-state index in [1.807, 2.05) is 30.4 Å². The molecule has 0 aliphatic heterocycles. The van der Waals surface area contributed by atoms with Gasteiger partial charge in [0.1, 0.15) is 5.65 Å². The van der Waals surface area contributed by atoms with Crippen molar-refractivity contribution in [2.75, 3.05) is 0 Å². The third kappa shape index (κ3) is 1.84. The van der Waals surface area contributed by atoms with Crippen molar-refractivity contribution in [2.24, 2.45) is 0 Å². The first-order valence-electron chi connectivity index (χ1n) is 6.26. The molecule has 5 nitrogen and oxygen atoms in total. The van der Waals surface area contributed by atoms with Gasteiger partial charge in [0.25, 0.3) is 5.69 Å². The Kier molecular flexibility index (Phi) is 2.75. The van der Waals surface area contributed by atoms with E-state index in [0.29, 0.717) is 5.56 Å². The SMILES string of the molecule is Cc1cc(C)n2c(-c3ccccc3[N+](=O)[O-])cnc2c1. The third-order valence-electron chi connectivity index (χ3n) is 3.31. The largest absolute Gasteiger partial charge is 0.297 e. The molecule has 3 aromatic rings. The number of pyridine rings is 1. The Morgan fingerprint density at radius 2 is 1.95 bits per heavy atom. The Morgan fingerprint density at radius 1 is 1.20 bits per heavy atom. The van der Waals surface area contributed by atoms with Crippen LogP contribution in [0.25, 0.3) is 16.9 Å². The van der Waals surface area contributed by atoms with Crippen LogP contribution in [0.15, 0.2) is 42.6 Å². The summed E-state index contributed by atoms with van der Waals surface area (Å²) in [5, 5.41) is 11.2. The van der Waals surface area contributed by atoms with Crippen molar-refractivity contribution in [3.63, 3.8) is 0 Å². The lowest BCUT2D eigenvalue weighted by molar-refractivity contribution is -0.384. The number of aromatic nitrogens is 2. The average molecular weight is 267 g/mol. The van der Waals surface area contributed by atoms with Crippen LogP contribution in [0, 0.1) is 24.0 Å². The van der Waals surface area contributed by atoms with Crippen LogP contribution in [0.3, 0.4) is 0 Å². The van der Waals surface area contributed by atoms with E-state index in [1.54, 1.807) is 24.4 Å². The Hall–Kier alpha value is -2.69. The number of rotatable bonds is 2. The third-order valence-corrected chi connectivity index (χ3v) is 3.31. The summed E-state index contributed by atoms with van der Waals surface area (Å²) in [5.41, 5.74) is 4.34. The zero-order chi connectivity index (χ0) is 14.3. The lowest BCUT2D eigenvalue weighted by Gasteiger charge is -2.07. The summed E-state index contributed by atoms with van der Waals surface area (Å²) in [4.78, 5) is 15.2. The maximum absolute atomic E-state index is 11.2. The molecule has 0 saturated heterocycles. The summed E-state index contributed by atoms with van der Waals surface area (Å²) < 4.78 is 1.94. The number of nitrogens with zero attached hydrogens (tertiary/aromatic N) is 3. The molecule has 0 atom stereocenters. The molecule has 0 aliphatic carbocycles. The molecule has 0 radical (unpaired) electrons. The number of imidazole rings is 1. The van der Waals surface area contributed by atoms with E-state index in [1.165, 1.54) is 6.07 Å². The van der Waals surface area contributed by atoms with Crippen LogP contribution >= 0.6 is 0 Å². The molecule has 100 valence electrons. The van der Waals surface area contributed by atoms with Crippen LogP contribution in [-0.2, 0) is 0 Å². The molecule has 0 amide bonds. The Bertz CT molecular complexity index is 821. The van der Waals surface area contributed by atoms with Gasteiger partial charge in [-0.15, -0.1) is 0 Å². The van der Waals surface area contributed by atoms with Crippen LogP contribution in [0.5, 0.6) is 0 Å². The molecule has 0 N–H and O–H groups in total. The lowest BCUT2D eigenvalue weighted by Crippen LogP contribution is -1.97. The first-order chi connectivity index (χ1) is 9.58. The molecule has 20 heavy (non-hydrogen) atoms. The zero-order valence-electron chi connectivity index (χ0n) is 11.2. The van der Waals surface area contributed by atoms with Crippen molar-refractivity contribution in [3.8, 4) is 11.3 Å². The highest BCUT2D eigenvalue weighted by atomic mass is 16.6. The molecule has 0 spiro atoms. The first kappa shape index (κ1) is 12.3. The van der Waals surface area contributed by atoms with Gasteiger partial charge >= 0.3 is 0 Å². The topological polar surface area (TPSA) is 60.4 Å². The highest BCUT2D eigenvalue weighted by Gasteiger charge is 2.18. The average Bonchev–Trinajstić information content (AvgIpc) is 2.82. The van der Waals surface area contributed by atoms with Gasteiger partial charge in [-0.1, -0.05) is 12.1 Å². The minimum Gasteiger partial charge on any atom is -0.297 e. The second-order valence-electron chi connectivity index (χ2n) is 4.79. The molecule has 3 rings (SSSR count). The molecule has 0 unspecified atom stereocenters. The van der Waals surface area contributed by atoms with Gasteiger partial charge in [-0.3, -0.25) is 14.5 Å². The number of para-hydroxylation sites is 1. The van der Waals surface area contributed by atoms with E-state index in [0.717, 1.165) is 22.6 Å². The van der Waals surface area contributed by atoms with Gasteiger partial charge in [0.2, 0.25) is 0 Å². The predicted molar refractivity (Wildman–Crippen MR) is 76.8 cm³/mol. The van der Waals surface area contributed by atoms with Crippen molar-refractivity contribution in [3.05, 3.63) is 64.0 Å². The fourth-order valence-corrected chi connectivity index (χ4v) is 2.52. The summed E-state index contributed by atoms with van der Waals surface area (Å²) in [7, 11) is 0. The number of benzene rings is 1. The Balaban J connectivity index is 2.34. The Morgan fingerprint density at radius 3 is 2.70 bits per heavy atom. The quantitative estimate of drug-likeness (QED) is 0.527. The smallest absolute Gasteiger partial charge is 0.278 e. The number of aryl methyl sites for hydroxylation is 2. The van der Waals surface area contributed by atoms with Gasteiger partial charge in [0.05, 0.1) is 22.4 Å². The van der Waals surface area contributed by atoms with Gasteiger partial charge in [0, 0.05) is 11.8 Å².